The molecule has 0 aromatic heterocycles. The molecule has 168 valence electrons. The van der Waals surface area contributed by atoms with Crippen molar-refractivity contribution in [3.63, 3.8) is 0 Å². The van der Waals surface area contributed by atoms with E-state index in [1.807, 2.05) is 0 Å². The van der Waals surface area contributed by atoms with Gasteiger partial charge in [-0.3, -0.25) is 14.7 Å². The molecule has 2 aliphatic heterocycles. The molecule has 0 bridgehead atoms. The van der Waals surface area contributed by atoms with Crippen LogP contribution in [-0.4, -0.2) is 67.5 Å². The number of benzene rings is 1. The number of amides is 1. The molecule has 1 atom stereocenters. The van der Waals surface area contributed by atoms with E-state index in [9.17, 15) is 4.79 Å². The van der Waals surface area contributed by atoms with Gasteiger partial charge in [-0.05, 0) is 50.6 Å². The Morgan fingerprint density at radius 3 is 2.53 bits per heavy atom. The molecule has 30 heavy (non-hydrogen) atoms. The highest BCUT2D eigenvalue weighted by Gasteiger charge is 2.26. The van der Waals surface area contributed by atoms with Crippen molar-refractivity contribution in [3.05, 3.63) is 35.9 Å². The van der Waals surface area contributed by atoms with Gasteiger partial charge in [-0.1, -0.05) is 30.3 Å². The summed E-state index contributed by atoms with van der Waals surface area (Å²) in [4.78, 5) is 21.6. The first kappa shape index (κ1) is 24.9. The lowest BCUT2D eigenvalue weighted by atomic mass is 9.93. The smallest absolute Gasteiger partial charge is 0.220 e. The molecular formula is C23H38IN5O. The Kier molecular flexibility index (Phi) is 10.9. The van der Waals surface area contributed by atoms with Crippen molar-refractivity contribution < 1.29 is 4.79 Å². The second kappa shape index (κ2) is 13.1. The van der Waals surface area contributed by atoms with Gasteiger partial charge >= 0.3 is 0 Å². The van der Waals surface area contributed by atoms with Crippen molar-refractivity contribution in [3.8, 4) is 0 Å². The van der Waals surface area contributed by atoms with Crippen molar-refractivity contribution in [1.82, 2.24) is 20.4 Å². The van der Waals surface area contributed by atoms with Gasteiger partial charge in [-0.2, -0.15) is 0 Å². The first-order valence-corrected chi connectivity index (χ1v) is 11.2. The zero-order valence-electron chi connectivity index (χ0n) is 18.5. The molecule has 2 heterocycles. The summed E-state index contributed by atoms with van der Waals surface area (Å²) in [5.41, 5.74) is 1.38. The van der Waals surface area contributed by atoms with Gasteiger partial charge in [-0.25, -0.2) is 0 Å². The Hall–Kier alpha value is -1.35. The van der Waals surface area contributed by atoms with Crippen LogP contribution in [0.4, 0.5) is 0 Å². The fraction of sp³-hybridized carbons (Fsp3) is 0.652. The van der Waals surface area contributed by atoms with Gasteiger partial charge in [0, 0.05) is 45.7 Å². The molecule has 0 radical (unpaired) electrons. The number of piperidine rings is 1. The first-order valence-electron chi connectivity index (χ1n) is 11.2. The molecule has 6 nitrogen and oxygen atoms in total. The Morgan fingerprint density at radius 2 is 1.87 bits per heavy atom. The normalized spacial score (nSPS) is 20.7. The van der Waals surface area contributed by atoms with E-state index in [2.05, 4.69) is 57.7 Å². The molecule has 0 spiro atoms. The fourth-order valence-corrected chi connectivity index (χ4v) is 4.46. The van der Waals surface area contributed by atoms with Gasteiger partial charge in [0.25, 0.3) is 0 Å². The predicted octanol–water partition coefficient (Wildman–Crippen LogP) is 3.08. The average molecular weight is 527 g/mol. The summed E-state index contributed by atoms with van der Waals surface area (Å²) >= 11 is 0. The average Bonchev–Trinajstić information content (AvgIpc) is 3.19. The zero-order valence-corrected chi connectivity index (χ0v) is 20.8. The maximum atomic E-state index is 11.6. The van der Waals surface area contributed by atoms with Gasteiger partial charge in [0.1, 0.15) is 0 Å². The van der Waals surface area contributed by atoms with Gasteiger partial charge in [0.15, 0.2) is 5.96 Å². The van der Waals surface area contributed by atoms with E-state index in [4.69, 9.17) is 4.99 Å². The summed E-state index contributed by atoms with van der Waals surface area (Å²) in [6.07, 6.45) is 5.25. The summed E-state index contributed by atoms with van der Waals surface area (Å²) in [5.74, 6) is 1.69. The number of nitrogens with one attached hydrogen (secondary N) is 2. The summed E-state index contributed by atoms with van der Waals surface area (Å²) in [6.45, 7) is 8.00. The van der Waals surface area contributed by atoms with Gasteiger partial charge in [0.05, 0.1) is 6.54 Å². The van der Waals surface area contributed by atoms with Crippen LogP contribution >= 0.6 is 24.0 Å². The number of hydrogen-bond acceptors (Lipinski definition) is 3. The number of guanidine groups is 1. The zero-order chi connectivity index (χ0) is 20.5. The number of rotatable bonds is 7. The van der Waals surface area contributed by atoms with Crippen LogP contribution < -0.4 is 10.6 Å². The summed E-state index contributed by atoms with van der Waals surface area (Å²) in [6, 6.07) is 11.3. The van der Waals surface area contributed by atoms with E-state index in [0.29, 0.717) is 18.4 Å². The number of aliphatic imine (C=N–C) groups is 1. The molecule has 0 aliphatic carbocycles. The van der Waals surface area contributed by atoms with E-state index in [-0.39, 0.29) is 29.9 Å². The third kappa shape index (κ3) is 7.41. The van der Waals surface area contributed by atoms with Gasteiger partial charge < -0.3 is 15.5 Å². The Labute approximate surface area is 198 Å². The quantitative estimate of drug-likeness (QED) is 0.325. The van der Waals surface area contributed by atoms with Gasteiger partial charge in [0.2, 0.25) is 5.91 Å². The number of carbonyl (C=O) groups excluding carboxylic acids is 1. The maximum Gasteiger partial charge on any atom is 0.220 e. The summed E-state index contributed by atoms with van der Waals surface area (Å²) < 4.78 is 0. The molecule has 1 aromatic carbocycles. The van der Waals surface area contributed by atoms with Crippen LogP contribution in [0.5, 0.6) is 0 Å². The van der Waals surface area contributed by atoms with Crippen molar-refractivity contribution >= 4 is 35.8 Å². The van der Waals surface area contributed by atoms with Crippen LogP contribution in [0.2, 0.25) is 0 Å². The lowest BCUT2D eigenvalue weighted by Gasteiger charge is -2.34. The topological polar surface area (TPSA) is 60.0 Å². The molecule has 1 aromatic rings. The second-order valence-corrected chi connectivity index (χ2v) is 8.25. The number of halogens is 1. The van der Waals surface area contributed by atoms with Crippen LogP contribution in [0.15, 0.2) is 35.3 Å². The second-order valence-electron chi connectivity index (χ2n) is 8.25. The fourth-order valence-electron chi connectivity index (χ4n) is 4.46. The molecule has 2 aliphatic rings. The number of likely N-dealkylation sites (tertiary alicyclic amines) is 2. The van der Waals surface area contributed by atoms with Crippen molar-refractivity contribution in [2.45, 2.75) is 51.6 Å². The first-order chi connectivity index (χ1) is 14.2. The Balaban J connectivity index is 0.00000320. The van der Waals surface area contributed by atoms with Crippen molar-refractivity contribution in [2.75, 3.05) is 39.8 Å². The SMILES string of the molecule is CCNC(=NCC1CCCN1Cc1ccccc1)N1CCC(CC(=O)NC)CC1.I. The van der Waals surface area contributed by atoms with E-state index in [1.54, 1.807) is 7.05 Å². The molecular weight excluding hydrogens is 489 g/mol. The van der Waals surface area contributed by atoms with Gasteiger partial charge in [-0.15, -0.1) is 24.0 Å². The minimum absolute atomic E-state index is 0. The van der Waals surface area contributed by atoms with Crippen LogP contribution in [0, 0.1) is 5.92 Å². The highest BCUT2D eigenvalue weighted by atomic mass is 127. The molecule has 3 rings (SSSR count). The Morgan fingerprint density at radius 1 is 1.13 bits per heavy atom. The van der Waals surface area contributed by atoms with Crippen LogP contribution in [-0.2, 0) is 11.3 Å². The lowest BCUT2D eigenvalue weighted by molar-refractivity contribution is -0.121. The van der Waals surface area contributed by atoms with E-state index in [0.717, 1.165) is 58.1 Å². The lowest BCUT2D eigenvalue weighted by Crippen LogP contribution is -2.46. The predicted molar refractivity (Wildman–Crippen MR) is 134 cm³/mol. The van der Waals surface area contributed by atoms with Crippen LogP contribution in [0.25, 0.3) is 0 Å². The molecule has 0 saturated carbocycles. The third-order valence-corrected chi connectivity index (χ3v) is 6.18. The summed E-state index contributed by atoms with van der Waals surface area (Å²) in [5, 5.41) is 6.23. The number of carbonyl (C=O) groups is 1. The number of hydrogen-bond donors (Lipinski definition) is 2. The molecule has 2 saturated heterocycles. The number of nitrogens with zero attached hydrogens (tertiary/aromatic N) is 3. The van der Waals surface area contributed by atoms with Crippen LogP contribution in [0.3, 0.4) is 0 Å². The third-order valence-electron chi connectivity index (χ3n) is 6.18. The highest BCUT2D eigenvalue weighted by molar-refractivity contribution is 14.0. The molecule has 1 amide bonds. The molecule has 1 unspecified atom stereocenters. The standard InChI is InChI=1S/C23H37N5O.HI/c1-3-25-23(27-14-11-19(12-15-27)16-22(29)24-2)26-17-21-10-7-13-28(21)18-20-8-5-4-6-9-20;/h4-6,8-9,19,21H,3,7,10-18H2,1-2H3,(H,24,29)(H,25,26);1H. The van der Waals surface area contributed by atoms with Crippen molar-refractivity contribution in [1.29, 1.82) is 0 Å². The summed E-state index contributed by atoms with van der Waals surface area (Å²) in [7, 11) is 1.72. The monoisotopic (exact) mass is 527 g/mol. The maximum absolute atomic E-state index is 11.6. The van der Waals surface area contributed by atoms with E-state index >= 15 is 0 Å². The molecule has 2 N–H and O–H groups in total. The molecule has 7 heteroatoms. The minimum Gasteiger partial charge on any atom is -0.359 e. The van der Waals surface area contributed by atoms with Crippen LogP contribution in [0.1, 0.15) is 44.6 Å². The highest BCUT2D eigenvalue weighted by Crippen LogP contribution is 2.22. The largest absolute Gasteiger partial charge is 0.359 e. The minimum atomic E-state index is 0. The van der Waals surface area contributed by atoms with Crippen molar-refractivity contribution in [2.24, 2.45) is 10.9 Å². The molecule has 2 fully saturated rings. The Bertz CT molecular complexity index is 661. The van der Waals surface area contributed by atoms with E-state index in [1.165, 1.54) is 18.4 Å². The van der Waals surface area contributed by atoms with E-state index < -0.39 is 0 Å².